The third kappa shape index (κ3) is 11.0. The van der Waals surface area contributed by atoms with Crippen LogP contribution in [0.25, 0.3) is 0 Å². The lowest BCUT2D eigenvalue weighted by atomic mass is 10.2. The molecule has 0 rings (SSSR count). The fraction of sp³-hybridized carbons (Fsp3) is 0.818. The summed E-state index contributed by atoms with van der Waals surface area (Å²) >= 11 is 0. The molecule has 0 atom stereocenters. The van der Waals surface area contributed by atoms with E-state index >= 15 is 0 Å². The molecule has 6 nitrogen and oxygen atoms in total. The van der Waals surface area contributed by atoms with Gasteiger partial charge in [-0.05, 0) is 19.4 Å². The fourth-order valence-electron chi connectivity index (χ4n) is 1.26. The fourth-order valence-corrected chi connectivity index (χ4v) is 1.26. The van der Waals surface area contributed by atoms with Gasteiger partial charge in [-0.3, -0.25) is 9.79 Å². The van der Waals surface area contributed by atoms with Crippen molar-refractivity contribution in [3.05, 3.63) is 0 Å². The van der Waals surface area contributed by atoms with Gasteiger partial charge in [0.1, 0.15) is 0 Å². The number of likely N-dealkylation sites (N-methyl/N-ethyl adjacent to an activating group) is 1. The Morgan fingerprint density at radius 3 is 2.59 bits per heavy atom. The van der Waals surface area contributed by atoms with Gasteiger partial charge in [0.25, 0.3) is 0 Å². The van der Waals surface area contributed by atoms with E-state index in [4.69, 9.17) is 5.73 Å². The molecule has 0 spiro atoms. The number of hydrogen-bond donors (Lipinski definition) is 4. The van der Waals surface area contributed by atoms with Gasteiger partial charge in [-0.1, -0.05) is 6.92 Å². The Balaban J connectivity index is 3.27. The zero-order valence-corrected chi connectivity index (χ0v) is 10.9. The van der Waals surface area contributed by atoms with E-state index < -0.39 is 0 Å². The molecule has 0 aromatic rings. The van der Waals surface area contributed by atoms with Crippen molar-refractivity contribution in [3.63, 3.8) is 0 Å². The lowest BCUT2D eigenvalue weighted by Gasteiger charge is -2.06. The molecule has 0 aromatic carbocycles. The molecule has 1 amide bonds. The van der Waals surface area contributed by atoms with Gasteiger partial charge in [-0.25, -0.2) is 0 Å². The van der Waals surface area contributed by atoms with Gasteiger partial charge in [-0.2, -0.15) is 0 Å². The second-order valence-corrected chi connectivity index (χ2v) is 3.70. The summed E-state index contributed by atoms with van der Waals surface area (Å²) in [4.78, 5) is 15.1. The van der Waals surface area contributed by atoms with E-state index in [9.17, 15) is 4.79 Å². The largest absolute Gasteiger partial charge is 0.370 e. The number of aliphatic imine (C=N–C) groups is 1. The van der Waals surface area contributed by atoms with Crippen molar-refractivity contribution >= 4 is 11.9 Å². The van der Waals surface area contributed by atoms with Crippen molar-refractivity contribution in [2.24, 2.45) is 10.7 Å². The Morgan fingerprint density at radius 2 is 1.94 bits per heavy atom. The van der Waals surface area contributed by atoms with Crippen LogP contribution in [0.3, 0.4) is 0 Å². The van der Waals surface area contributed by atoms with Crippen LogP contribution in [0.2, 0.25) is 0 Å². The van der Waals surface area contributed by atoms with E-state index in [2.05, 4.69) is 20.9 Å². The highest BCUT2D eigenvalue weighted by molar-refractivity contribution is 5.77. The highest BCUT2D eigenvalue weighted by atomic mass is 16.1. The molecule has 0 aliphatic rings. The number of nitrogens with two attached hydrogens (primary N) is 1. The molecule has 100 valence electrons. The molecule has 6 heteroatoms. The van der Waals surface area contributed by atoms with Gasteiger partial charge in [0.15, 0.2) is 5.96 Å². The van der Waals surface area contributed by atoms with Gasteiger partial charge in [0, 0.05) is 33.1 Å². The monoisotopic (exact) mass is 243 g/mol. The topological polar surface area (TPSA) is 91.5 Å². The molecular formula is C11H25N5O. The Hall–Kier alpha value is -1.30. The van der Waals surface area contributed by atoms with Crippen molar-refractivity contribution in [2.45, 2.75) is 26.2 Å². The molecule has 0 aliphatic carbocycles. The minimum atomic E-state index is 0.111. The summed E-state index contributed by atoms with van der Waals surface area (Å²) in [5.41, 5.74) is 5.46. The first-order valence-electron chi connectivity index (χ1n) is 6.14. The van der Waals surface area contributed by atoms with Crippen molar-refractivity contribution in [2.75, 3.05) is 33.2 Å². The SMILES string of the molecule is CCNCCNC(=O)CCCCNC(N)=NC. The number of amides is 1. The van der Waals surface area contributed by atoms with E-state index in [0.29, 0.717) is 18.9 Å². The average Bonchev–Trinajstić information content (AvgIpc) is 2.34. The van der Waals surface area contributed by atoms with Crippen LogP contribution in [0.1, 0.15) is 26.2 Å². The number of hydrogen-bond acceptors (Lipinski definition) is 3. The third-order valence-corrected chi connectivity index (χ3v) is 2.25. The highest BCUT2D eigenvalue weighted by Gasteiger charge is 1.99. The maximum absolute atomic E-state index is 11.4. The highest BCUT2D eigenvalue weighted by Crippen LogP contribution is 1.93. The third-order valence-electron chi connectivity index (χ3n) is 2.25. The number of nitrogens with zero attached hydrogens (tertiary/aromatic N) is 1. The Bertz CT molecular complexity index is 230. The normalized spacial score (nSPS) is 11.3. The zero-order valence-electron chi connectivity index (χ0n) is 10.9. The lowest BCUT2D eigenvalue weighted by Crippen LogP contribution is -2.33. The number of rotatable bonds is 9. The predicted molar refractivity (Wildman–Crippen MR) is 71.0 cm³/mol. The van der Waals surface area contributed by atoms with E-state index in [0.717, 1.165) is 32.5 Å². The van der Waals surface area contributed by atoms with Crippen LogP contribution < -0.4 is 21.7 Å². The summed E-state index contributed by atoms with van der Waals surface area (Å²) in [5, 5.41) is 8.96. The van der Waals surface area contributed by atoms with Gasteiger partial charge >= 0.3 is 0 Å². The molecule has 0 fully saturated rings. The number of carbonyl (C=O) groups excluding carboxylic acids is 1. The van der Waals surface area contributed by atoms with E-state index in [1.54, 1.807) is 7.05 Å². The lowest BCUT2D eigenvalue weighted by molar-refractivity contribution is -0.121. The van der Waals surface area contributed by atoms with Crippen molar-refractivity contribution in [1.29, 1.82) is 0 Å². The maximum atomic E-state index is 11.4. The summed E-state index contributed by atoms with van der Waals surface area (Å²) in [6.07, 6.45) is 2.34. The molecule has 0 saturated carbocycles. The Morgan fingerprint density at radius 1 is 1.18 bits per heavy atom. The number of carbonyl (C=O) groups is 1. The van der Waals surface area contributed by atoms with E-state index in [1.165, 1.54) is 0 Å². The number of nitrogens with one attached hydrogen (secondary N) is 3. The van der Waals surface area contributed by atoms with Gasteiger partial charge in [0.05, 0.1) is 0 Å². The van der Waals surface area contributed by atoms with Gasteiger partial charge < -0.3 is 21.7 Å². The van der Waals surface area contributed by atoms with Crippen LogP contribution in [-0.4, -0.2) is 45.1 Å². The molecule has 0 unspecified atom stereocenters. The van der Waals surface area contributed by atoms with Crippen LogP contribution in [0.5, 0.6) is 0 Å². The quantitative estimate of drug-likeness (QED) is 0.248. The molecule has 5 N–H and O–H groups in total. The number of guanidine groups is 1. The summed E-state index contributed by atoms with van der Waals surface area (Å²) in [6, 6.07) is 0. The molecule has 0 bridgehead atoms. The van der Waals surface area contributed by atoms with Gasteiger partial charge in [0.2, 0.25) is 5.91 Å². The first kappa shape index (κ1) is 15.7. The minimum Gasteiger partial charge on any atom is -0.370 e. The predicted octanol–water partition coefficient (Wildman–Crippen LogP) is -0.583. The minimum absolute atomic E-state index is 0.111. The van der Waals surface area contributed by atoms with Crippen LogP contribution >= 0.6 is 0 Å². The first-order chi connectivity index (χ1) is 8.20. The molecule has 17 heavy (non-hydrogen) atoms. The Kier molecular flexibility index (Phi) is 10.3. The first-order valence-corrected chi connectivity index (χ1v) is 6.14. The number of unbranched alkanes of at least 4 members (excludes halogenated alkanes) is 1. The maximum Gasteiger partial charge on any atom is 0.220 e. The zero-order chi connectivity index (χ0) is 12.9. The summed E-state index contributed by atoms with van der Waals surface area (Å²) in [5.74, 6) is 0.556. The summed E-state index contributed by atoms with van der Waals surface area (Å²) < 4.78 is 0. The smallest absolute Gasteiger partial charge is 0.220 e. The van der Waals surface area contributed by atoms with Crippen molar-refractivity contribution < 1.29 is 4.79 Å². The molecule has 0 radical (unpaired) electrons. The van der Waals surface area contributed by atoms with Gasteiger partial charge in [-0.15, -0.1) is 0 Å². The molecule has 0 saturated heterocycles. The summed E-state index contributed by atoms with van der Waals surface area (Å²) in [6.45, 7) is 5.25. The standard InChI is InChI=1S/C11H25N5O/c1-3-14-8-9-15-10(17)6-4-5-7-16-11(12)13-2/h14H,3-9H2,1-2H3,(H,15,17)(H3,12,13,16). The van der Waals surface area contributed by atoms with Crippen LogP contribution in [0.15, 0.2) is 4.99 Å². The Labute approximate surface area is 103 Å². The second-order valence-electron chi connectivity index (χ2n) is 3.70. The van der Waals surface area contributed by atoms with Crippen LogP contribution in [0, 0.1) is 0 Å². The van der Waals surface area contributed by atoms with Crippen molar-refractivity contribution in [1.82, 2.24) is 16.0 Å². The van der Waals surface area contributed by atoms with E-state index in [1.807, 2.05) is 6.92 Å². The van der Waals surface area contributed by atoms with Crippen LogP contribution in [0.4, 0.5) is 0 Å². The molecule has 0 aromatic heterocycles. The summed E-state index contributed by atoms with van der Waals surface area (Å²) in [7, 11) is 1.64. The molecule has 0 aliphatic heterocycles. The molecule has 0 heterocycles. The molecular weight excluding hydrogens is 218 g/mol. The van der Waals surface area contributed by atoms with E-state index in [-0.39, 0.29) is 5.91 Å². The average molecular weight is 243 g/mol. The van der Waals surface area contributed by atoms with Crippen molar-refractivity contribution in [3.8, 4) is 0 Å². The van der Waals surface area contributed by atoms with Crippen LogP contribution in [-0.2, 0) is 4.79 Å². The second kappa shape index (κ2) is 11.2.